The van der Waals surface area contributed by atoms with Gasteiger partial charge in [0.05, 0.1) is 13.2 Å². The Morgan fingerprint density at radius 2 is 2.47 bits per heavy atom. The van der Waals surface area contributed by atoms with Crippen molar-refractivity contribution >= 4 is 0 Å². The van der Waals surface area contributed by atoms with E-state index in [1.807, 2.05) is 0 Å². The molecule has 0 amide bonds. The minimum Gasteiger partial charge on any atom is -0.381 e. The first kappa shape index (κ1) is 11.1. The van der Waals surface area contributed by atoms with Gasteiger partial charge in [0.1, 0.15) is 12.2 Å². The van der Waals surface area contributed by atoms with Gasteiger partial charge in [0.2, 0.25) is 0 Å². The highest BCUT2D eigenvalue weighted by atomic mass is 16.5. The first-order valence-corrected chi connectivity index (χ1v) is 6.25. The molecule has 1 saturated heterocycles. The quantitative estimate of drug-likeness (QED) is 0.764. The Bertz CT molecular complexity index is 374. The Morgan fingerprint density at radius 3 is 3.29 bits per heavy atom. The predicted molar refractivity (Wildman–Crippen MR) is 62.2 cm³/mol. The van der Waals surface area contributed by atoms with Crippen molar-refractivity contribution in [3.05, 3.63) is 12.2 Å². The maximum atomic E-state index is 6.24. The van der Waals surface area contributed by atoms with E-state index in [1.54, 1.807) is 6.33 Å². The van der Waals surface area contributed by atoms with Crippen LogP contribution in [0.4, 0.5) is 0 Å². The molecule has 0 spiro atoms. The lowest BCUT2D eigenvalue weighted by atomic mass is 9.99. The molecule has 17 heavy (non-hydrogen) atoms. The van der Waals surface area contributed by atoms with Gasteiger partial charge in [0.25, 0.3) is 0 Å². The summed E-state index contributed by atoms with van der Waals surface area (Å²) in [6, 6.07) is 0.215. The molecule has 3 heterocycles. The second kappa shape index (κ2) is 4.72. The summed E-state index contributed by atoms with van der Waals surface area (Å²) in [5, 5.41) is 8.05. The van der Waals surface area contributed by atoms with Crippen molar-refractivity contribution < 1.29 is 4.74 Å². The molecule has 94 valence electrons. The molecule has 2 aliphatic rings. The Morgan fingerprint density at radius 1 is 1.53 bits per heavy atom. The van der Waals surface area contributed by atoms with Crippen LogP contribution in [-0.2, 0) is 17.8 Å². The fourth-order valence-corrected chi connectivity index (χ4v) is 2.61. The van der Waals surface area contributed by atoms with E-state index in [4.69, 9.17) is 10.5 Å². The molecule has 0 aliphatic carbocycles. The normalized spacial score (nSPS) is 27.0. The molecule has 2 N–H and O–H groups in total. The highest BCUT2D eigenvalue weighted by Gasteiger charge is 2.26. The molecule has 3 rings (SSSR count). The average Bonchev–Trinajstić information content (AvgIpc) is 2.99. The van der Waals surface area contributed by atoms with Crippen molar-refractivity contribution in [2.75, 3.05) is 26.3 Å². The lowest BCUT2D eigenvalue weighted by Crippen LogP contribution is -2.45. The van der Waals surface area contributed by atoms with Gasteiger partial charge in [-0.15, -0.1) is 10.2 Å². The Balaban J connectivity index is 1.56. The van der Waals surface area contributed by atoms with Gasteiger partial charge in [0.15, 0.2) is 0 Å². The second-order valence-electron chi connectivity index (χ2n) is 4.96. The van der Waals surface area contributed by atoms with Gasteiger partial charge in [0, 0.05) is 38.2 Å². The topological polar surface area (TPSA) is 69.2 Å². The van der Waals surface area contributed by atoms with Crippen molar-refractivity contribution in [1.82, 2.24) is 19.7 Å². The molecule has 0 bridgehead atoms. The lowest BCUT2D eigenvalue weighted by molar-refractivity contribution is 0.159. The van der Waals surface area contributed by atoms with Gasteiger partial charge in [-0.25, -0.2) is 0 Å². The first-order valence-electron chi connectivity index (χ1n) is 6.25. The summed E-state index contributed by atoms with van der Waals surface area (Å²) in [5.41, 5.74) is 6.24. The maximum absolute atomic E-state index is 6.24. The molecular weight excluding hydrogens is 218 g/mol. The third-order valence-electron chi connectivity index (χ3n) is 3.76. The maximum Gasteiger partial charge on any atom is 0.147 e. The zero-order valence-corrected chi connectivity index (χ0v) is 9.96. The standard InChI is InChI=1S/C11H19N5O/c12-10(9-1-4-17-7-9)5-15-2-3-16-8-13-14-11(16)6-15/h8-10H,1-7,12H2. The van der Waals surface area contributed by atoms with Crippen LogP contribution in [0.5, 0.6) is 0 Å². The van der Waals surface area contributed by atoms with Crippen LogP contribution in [-0.4, -0.2) is 52.0 Å². The number of nitrogens with two attached hydrogens (primary N) is 1. The van der Waals surface area contributed by atoms with Gasteiger partial charge in [-0.2, -0.15) is 0 Å². The van der Waals surface area contributed by atoms with Crippen LogP contribution in [0.2, 0.25) is 0 Å². The van der Waals surface area contributed by atoms with Gasteiger partial charge in [-0.1, -0.05) is 0 Å². The predicted octanol–water partition coefficient (Wildman–Crippen LogP) is -0.542. The van der Waals surface area contributed by atoms with E-state index in [2.05, 4.69) is 19.7 Å². The number of nitrogens with zero attached hydrogens (tertiary/aromatic N) is 4. The SMILES string of the molecule is NC(CN1CCn2cnnc2C1)C1CCOC1. The molecule has 1 fully saturated rings. The van der Waals surface area contributed by atoms with Crippen LogP contribution >= 0.6 is 0 Å². The summed E-state index contributed by atoms with van der Waals surface area (Å²) in [7, 11) is 0. The summed E-state index contributed by atoms with van der Waals surface area (Å²) < 4.78 is 7.50. The third kappa shape index (κ3) is 2.34. The Kier molecular flexibility index (Phi) is 3.09. The number of hydrogen-bond acceptors (Lipinski definition) is 5. The van der Waals surface area contributed by atoms with E-state index >= 15 is 0 Å². The van der Waals surface area contributed by atoms with E-state index in [9.17, 15) is 0 Å². The van der Waals surface area contributed by atoms with Gasteiger partial charge >= 0.3 is 0 Å². The van der Waals surface area contributed by atoms with Crippen LogP contribution in [0.3, 0.4) is 0 Å². The molecule has 2 unspecified atom stereocenters. The fraction of sp³-hybridized carbons (Fsp3) is 0.818. The van der Waals surface area contributed by atoms with Crippen molar-refractivity contribution in [2.24, 2.45) is 11.7 Å². The zero-order valence-electron chi connectivity index (χ0n) is 9.96. The molecule has 6 heteroatoms. The number of fused-ring (bicyclic) bond motifs is 1. The van der Waals surface area contributed by atoms with E-state index in [1.165, 1.54) is 0 Å². The summed E-state index contributed by atoms with van der Waals surface area (Å²) >= 11 is 0. The molecule has 6 nitrogen and oxygen atoms in total. The van der Waals surface area contributed by atoms with E-state index in [-0.39, 0.29) is 6.04 Å². The largest absolute Gasteiger partial charge is 0.381 e. The summed E-state index contributed by atoms with van der Waals surface area (Å²) in [6.45, 7) is 5.49. The zero-order chi connectivity index (χ0) is 11.7. The van der Waals surface area contributed by atoms with Gasteiger partial charge in [-0.05, 0) is 6.42 Å². The monoisotopic (exact) mass is 237 g/mol. The Hall–Kier alpha value is -0.980. The molecule has 1 aromatic heterocycles. The van der Waals surface area contributed by atoms with Gasteiger partial charge in [-0.3, -0.25) is 4.90 Å². The first-order chi connectivity index (χ1) is 8.33. The van der Waals surface area contributed by atoms with Crippen LogP contribution in [0, 0.1) is 5.92 Å². The van der Waals surface area contributed by atoms with Crippen LogP contribution < -0.4 is 5.73 Å². The van der Waals surface area contributed by atoms with E-state index < -0.39 is 0 Å². The third-order valence-corrected chi connectivity index (χ3v) is 3.76. The molecule has 0 aromatic carbocycles. The number of aromatic nitrogens is 3. The van der Waals surface area contributed by atoms with Crippen LogP contribution in [0.25, 0.3) is 0 Å². The molecular formula is C11H19N5O. The van der Waals surface area contributed by atoms with Crippen molar-refractivity contribution in [2.45, 2.75) is 25.6 Å². The highest BCUT2D eigenvalue weighted by molar-refractivity contribution is 4.91. The summed E-state index contributed by atoms with van der Waals surface area (Å²) in [5.74, 6) is 1.57. The van der Waals surface area contributed by atoms with Crippen LogP contribution in [0.1, 0.15) is 12.2 Å². The highest BCUT2D eigenvalue weighted by Crippen LogP contribution is 2.17. The van der Waals surface area contributed by atoms with Crippen LogP contribution in [0.15, 0.2) is 6.33 Å². The van der Waals surface area contributed by atoms with Gasteiger partial charge < -0.3 is 15.0 Å². The molecule has 0 radical (unpaired) electrons. The minimum atomic E-state index is 0.215. The lowest BCUT2D eigenvalue weighted by Gasteiger charge is -2.30. The van der Waals surface area contributed by atoms with E-state index in [0.717, 1.165) is 51.6 Å². The molecule has 1 aromatic rings. The second-order valence-corrected chi connectivity index (χ2v) is 4.96. The van der Waals surface area contributed by atoms with Crippen molar-refractivity contribution in [3.63, 3.8) is 0 Å². The number of rotatable bonds is 3. The van der Waals surface area contributed by atoms with Crippen molar-refractivity contribution in [3.8, 4) is 0 Å². The Labute approximate surface area is 101 Å². The average molecular weight is 237 g/mol. The fourth-order valence-electron chi connectivity index (χ4n) is 2.61. The van der Waals surface area contributed by atoms with Crippen molar-refractivity contribution in [1.29, 1.82) is 0 Å². The molecule has 2 aliphatic heterocycles. The molecule has 2 atom stereocenters. The summed E-state index contributed by atoms with van der Waals surface area (Å²) in [4.78, 5) is 2.37. The summed E-state index contributed by atoms with van der Waals surface area (Å²) in [6.07, 6.45) is 2.91. The number of ether oxygens (including phenoxy) is 1. The number of hydrogen-bond donors (Lipinski definition) is 1. The minimum absolute atomic E-state index is 0.215. The molecule has 0 saturated carbocycles. The van der Waals surface area contributed by atoms with E-state index in [0.29, 0.717) is 5.92 Å². The smallest absolute Gasteiger partial charge is 0.147 e.